The maximum absolute atomic E-state index is 12.0. The molecule has 3 N–H and O–H groups in total. The summed E-state index contributed by atoms with van der Waals surface area (Å²) in [7, 11) is 0. The van der Waals surface area contributed by atoms with Gasteiger partial charge in [0, 0.05) is 43.7 Å². The molecule has 9 nitrogen and oxygen atoms in total. The number of nitrogens with two attached hydrogens (primary N) is 1. The van der Waals surface area contributed by atoms with Gasteiger partial charge in [0.05, 0.1) is 18.8 Å². The van der Waals surface area contributed by atoms with Crippen LogP contribution in [-0.4, -0.2) is 62.3 Å². The second kappa shape index (κ2) is 19.3. The first-order chi connectivity index (χ1) is 21.5. The molecule has 2 aromatic carbocycles. The predicted octanol–water partition coefficient (Wildman–Crippen LogP) is 5.66. The summed E-state index contributed by atoms with van der Waals surface area (Å²) in [5.74, 6) is -0.764. The summed E-state index contributed by atoms with van der Waals surface area (Å²) >= 11 is 0. The van der Waals surface area contributed by atoms with E-state index in [4.69, 9.17) is 20.0 Å². The summed E-state index contributed by atoms with van der Waals surface area (Å²) in [5, 5.41) is 3.39. The number of nitrogens with zero attached hydrogens (tertiary/aromatic N) is 1. The molecule has 47 heavy (non-hydrogen) atoms. The predicted molar refractivity (Wildman–Crippen MR) is 189 cm³/mol. The van der Waals surface area contributed by atoms with E-state index in [0.717, 1.165) is 25.9 Å². The largest absolute Gasteiger partial charge is 0.466 e. The number of halogens is 1. The zero-order chi connectivity index (χ0) is 33.3. The van der Waals surface area contributed by atoms with Crippen molar-refractivity contribution < 1.29 is 28.7 Å². The smallest absolute Gasteiger partial charge is 0.337 e. The minimum absolute atomic E-state index is 0. The zero-order valence-electron chi connectivity index (χ0n) is 28.1. The molecule has 0 spiro atoms. The van der Waals surface area contributed by atoms with Gasteiger partial charge in [0.25, 0.3) is 0 Å². The van der Waals surface area contributed by atoms with Crippen LogP contribution in [0.5, 0.6) is 0 Å². The highest BCUT2D eigenvalue weighted by Crippen LogP contribution is 2.39. The van der Waals surface area contributed by atoms with Crippen LogP contribution >= 0.6 is 12.4 Å². The number of nitrogens with one attached hydrogen (secondary N) is 1. The van der Waals surface area contributed by atoms with E-state index in [2.05, 4.69) is 62.2 Å². The summed E-state index contributed by atoms with van der Waals surface area (Å²) in [6, 6.07) is 9.29. The molecule has 0 saturated carbocycles. The summed E-state index contributed by atoms with van der Waals surface area (Å²) in [4.78, 5) is 45.8. The Morgan fingerprint density at radius 3 is 2.04 bits per heavy atom. The van der Waals surface area contributed by atoms with Gasteiger partial charge >= 0.3 is 11.9 Å². The first-order valence-corrected chi connectivity index (χ1v) is 15.8. The third-order valence-electron chi connectivity index (χ3n) is 8.90. The normalized spacial score (nSPS) is 17.7. The Bertz CT molecular complexity index is 1440. The van der Waals surface area contributed by atoms with E-state index >= 15 is 0 Å². The van der Waals surface area contributed by atoms with Crippen molar-refractivity contribution in [3.63, 3.8) is 0 Å². The van der Waals surface area contributed by atoms with E-state index in [-0.39, 0.29) is 44.0 Å². The van der Waals surface area contributed by atoms with Gasteiger partial charge in [-0.25, -0.2) is 4.79 Å². The third-order valence-corrected chi connectivity index (χ3v) is 8.90. The maximum atomic E-state index is 12.0. The Labute approximate surface area is 287 Å². The molecular weight excluding hydrogens is 618 g/mol. The molecule has 0 radical (unpaired) electrons. The third kappa shape index (κ3) is 10.5. The first kappa shape index (κ1) is 41.5. The van der Waals surface area contributed by atoms with Crippen LogP contribution in [0.1, 0.15) is 97.1 Å². The number of carbonyl (C=O) groups excluding carboxylic acids is 4. The van der Waals surface area contributed by atoms with Gasteiger partial charge in [-0.1, -0.05) is 31.7 Å². The van der Waals surface area contributed by atoms with Crippen LogP contribution in [0.2, 0.25) is 0 Å². The first-order valence-electron chi connectivity index (χ1n) is 15.8. The number of hydrogen-bond acceptors (Lipinski definition) is 9. The fraction of sp³-hybridized carbons (Fsp3) is 0.514. The zero-order valence-corrected chi connectivity index (χ0v) is 28.9. The molecule has 10 heteroatoms. The number of carbonyl (C=O) groups is 4. The second-order valence-corrected chi connectivity index (χ2v) is 11.9. The number of ether oxygens (including phenoxy) is 2. The van der Waals surface area contributed by atoms with Crippen molar-refractivity contribution in [3.8, 4) is 0 Å². The second-order valence-electron chi connectivity index (χ2n) is 11.9. The van der Waals surface area contributed by atoms with Crippen molar-refractivity contribution in [1.29, 1.82) is 0 Å². The molecule has 2 aromatic rings. The Balaban J connectivity index is 0.000000430. The molecule has 0 amide bonds. The van der Waals surface area contributed by atoms with Crippen molar-refractivity contribution >= 4 is 36.9 Å². The van der Waals surface area contributed by atoms with Gasteiger partial charge in [0.2, 0.25) is 0 Å². The van der Waals surface area contributed by atoms with E-state index in [1.165, 1.54) is 44.5 Å². The summed E-state index contributed by atoms with van der Waals surface area (Å²) in [6.45, 7) is 17.2. The standard InChI is InChI=1S/C18H24N2O2.C17H23NO3.CH2O.CH4.ClH/c1-4-22-18(21)15-10-20-6-5-13-7-11(2)12(3)8-14(13)17(20)9-16(15)19;1-4-21-17(20)10-14(19)9-16-15-8-12(3)11(2)7-13(15)5-6-18-16;1-2;;/h7-8,17H,4-6,9-10,19H2,1-3H3;7-8,16,18H,4-6,9-10H2,1-3H3;1H2;1H4;1H. The number of Topliss-reactive ketones (excluding diaryl/α,β-unsaturated/α-hetero) is 1. The van der Waals surface area contributed by atoms with Gasteiger partial charge in [-0.3, -0.25) is 14.5 Å². The molecule has 3 aliphatic rings. The van der Waals surface area contributed by atoms with Gasteiger partial charge < -0.3 is 25.3 Å². The van der Waals surface area contributed by atoms with E-state index in [1.54, 1.807) is 6.92 Å². The van der Waals surface area contributed by atoms with Crippen LogP contribution in [-0.2, 0) is 41.5 Å². The molecule has 0 saturated heterocycles. The number of ketones is 1. The summed E-state index contributed by atoms with van der Waals surface area (Å²) in [5.41, 5.74) is 18.0. The van der Waals surface area contributed by atoms with Gasteiger partial charge in [-0.05, 0) is 105 Å². The lowest BCUT2D eigenvalue weighted by atomic mass is 9.84. The van der Waals surface area contributed by atoms with Gasteiger partial charge in [-0.15, -0.1) is 12.4 Å². The average Bonchev–Trinajstić information content (AvgIpc) is 3.00. The van der Waals surface area contributed by atoms with Crippen LogP contribution in [0, 0.1) is 27.7 Å². The fourth-order valence-corrected chi connectivity index (χ4v) is 6.31. The van der Waals surface area contributed by atoms with Gasteiger partial charge in [0.1, 0.15) is 19.0 Å². The number of benzene rings is 2. The number of rotatable bonds is 7. The van der Waals surface area contributed by atoms with Crippen molar-refractivity contribution in [2.24, 2.45) is 5.73 Å². The van der Waals surface area contributed by atoms with Crippen LogP contribution < -0.4 is 11.1 Å². The minimum atomic E-state index is -0.432. The SMILES string of the molecule is C.C=O.CCOC(=O)C1=C(N)CC2c3cc(C)c(C)cc3CCN2C1.CCOC(=O)CC(=O)CC1NCCc2cc(C)c(C)cc21.Cl. The number of esters is 2. The number of fused-ring (bicyclic) bond motifs is 4. The van der Waals surface area contributed by atoms with E-state index in [1.807, 2.05) is 13.7 Å². The Kier molecular flexibility index (Phi) is 17.1. The quantitative estimate of drug-likeness (QED) is 0.283. The highest BCUT2D eigenvalue weighted by atomic mass is 35.5. The van der Waals surface area contributed by atoms with Crippen molar-refractivity contribution in [1.82, 2.24) is 10.2 Å². The van der Waals surface area contributed by atoms with Crippen molar-refractivity contribution in [2.45, 2.75) is 93.2 Å². The van der Waals surface area contributed by atoms with Gasteiger partial charge in [-0.2, -0.15) is 0 Å². The Hall–Kier alpha value is -3.53. The average molecular weight is 672 g/mol. The van der Waals surface area contributed by atoms with E-state index < -0.39 is 5.97 Å². The monoisotopic (exact) mass is 671 g/mol. The number of hydrogen-bond donors (Lipinski definition) is 2. The number of aryl methyl sites for hydroxylation is 4. The molecule has 0 aromatic heterocycles. The Morgan fingerprint density at radius 1 is 0.894 bits per heavy atom. The highest BCUT2D eigenvalue weighted by molar-refractivity contribution is 5.95. The molecule has 3 heterocycles. The van der Waals surface area contributed by atoms with Crippen LogP contribution in [0.3, 0.4) is 0 Å². The molecule has 0 bridgehead atoms. The molecule has 2 unspecified atom stereocenters. The lowest BCUT2D eigenvalue weighted by Gasteiger charge is -2.41. The summed E-state index contributed by atoms with van der Waals surface area (Å²) < 4.78 is 9.96. The fourth-order valence-electron chi connectivity index (χ4n) is 6.31. The molecule has 5 rings (SSSR count). The maximum Gasteiger partial charge on any atom is 0.337 e. The summed E-state index contributed by atoms with van der Waals surface area (Å²) in [6.07, 6.45) is 2.94. The van der Waals surface area contributed by atoms with Crippen LogP contribution in [0.4, 0.5) is 0 Å². The van der Waals surface area contributed by atoms with Crippen molar-refractivity contribution in [3.05, 3.63) is 80.0 Å². The van der Waals surface area contributed by atoms with E-state index in [9.17, 15) is 14.4 Å². The highest BCUT2D eigenvalue weighted by Gasteiger charge is 2.35. The minimum Gasteiger partial charge on any atom is -0.466 e. The van der Waals surface area contributed by atoms with Gasteiger partial charge in [0.15, 0.2) is 0 Å². The van der Waals surface area contributed by atoms with Crippen molar-refractivity contribution in [2.75, 3.05) is 32.8 Å². The Morgan fingerprint density at radius 2 is 1.45 bits per heavy atom. The lowest BCUT2D eigenvalue weighted by molar-refractivity contribution is -0.145. The van der Waals surface area contributed by atoms with Crippen LogP contribution in [0.25, 0.3) is 0 Å². The topological polar surface area (TPSA) is 128 Å². The molecule has 0 fully saturated rings. The molecule has 260 valence electrons. The molecular formula is C37H54ClN3O6. The molecule has 2 atom stereocenters. The molecule has 0 aliphatic carbocycles. The molecule has 3 aliphatic heterocycles. The lowest BCUT2D eigenvalue weighted by Crippen LogP contribution is -2.42. The van der Waals surface area contributed by atoms with Crippen LogP contribution in [0.15, 0.2) is 35.5 Å². The van der Waals surface area contributed by atoms with E-state index in [0.29, 0.717) is 49.9 Å².